The van der Waals surface area contributed by atoms with Crippen molar-refractivity contribution < 1.29 is 0 Å². The highest BCUT2D eigenvalue weighted by Crippen LogP contribution is 2.36. The van der Waals surface area contributed by atoms with Gasteiger partial charge in [-0.1, -0.05) is 31.4 Å². The van der Waals surface area contributed by atoms with Crippen LogP contribution in [0.25, 0.3) is 0 Å². The zero-order valence-corrected chi connectivity index (χ0v) is 10.3. The number of nitrogens with one attached hydrogen (secondary N) is 1. The normalized spacial score (nSPS) is 34.6. The fraction of sp³-hybridized carbons (Fsp3) is 0.857. The van der Waals surface area contributed by atoms with Crippen molar-refractivity contribution in [1.82, 2.24) is 10.2 Å². The molecule has 1 N–H and O–H groups in total. The fourth-order valence-electron chi connectivity index (χ4n) is 3.84. The average Bonchev–Trinajstić information content (AvgIpc) is 2.83. The Bertz CT molecular complexity index is 252. The highest BCUT2D eigenvalue weighted by molar-refractivity contribution is 5.03. The molecule has 3 rings (SSSR count). The third-order valence-electron chi connectivity index (χ3n) is 4.78. The van der Waals surface area contributed by atoms with E-state index in [0.717, 1.165) is 6.04 Å². The van der Waals surface area contributed by atoms with Crippen molar-refractivity contribution in [3.63, 3.8) is 0 Å². The lowest BCUT2D eigenvalue weighted by Gasteiger charge is -2.47. The molecule has 1 atom stereocenters. The lowest BCUT2D eigenvalue weighted by Crippen LogP contribution is -2.56. The quantitative estimate of drug-likeness (QED) is 0.682. The van der Waals surface area contributed by atoms with Gasteiger partial charge in [0.05, 0.1) is 0 Å². The van der Waals surface area contributed by atoms with Crippen LogP contribution in [0.5, 0.6) is 0 Å². The van der Waals surface area contributed by atoms with E-state index in [0.29, 0.717) is 5.54 Å². The van der Waals surface area contributed by atoms with Gasteiger partial charge in [-0.3, -0.25) is 4.90 Å². The molecule has 2 heteroatoms. The summed E-state index contributed by atoms with van der Waals surface area (Å²) in [6.07, 6.45) is 14.6. The van der Waals surface area contributed by atoms with E-state index >= 15 is 0 Å². The summed E-state index contributed by atoms with van der Waals surface area (Å²) in [5, 5.41) is 3.84. The van der Waals surface area contributed by atoms with Crippen LogP contribution >= 0.6 is 0 Å². The number of piperidine rings is 1. The van der Waals surface area contributed by atoms with Crippen molar-refractivity contribution in [1.29, 1.82) is 0 Å². The molecular weight excluding hydrogens is 196 g/mol. The molecule has 0 radical (unpaired) electrons. The first kappa shape index (κ1) is 10.8. The first-order chi connectivity index (χ1) is 7.88. The van der Waals surface area contributed by atoms with Crippen LogP contribution in [0.2, 0.25) is 0 Å². The molecule has 3 aliphatic rings. The Kier molecular flexibility index (Phi) is 3.03. The fourth-order valence-corrected chi connectivity index (χ4v) is 3.84. The van der Waals surface area contributed by atoms with Crippen molar-refractivity contribution in [2.24, 2.45) is 0 Å². The number of rotatable bonds is 1. The maximum absolute atomic E-state index is 3.84. The van der Waals surface area contributed by atoms with Gasteiger partial charge in [0.1, 0.15) is 0 Å². The number of nitrogens with zero attached hydrogens (tertiary/aromatic N) is 1. The molecule has 0 amide bonds. The maximum atomic E-state index is 3.84. The Labute approximate surface area is 99.1 Å². The van der Waals surface area contributed by atoms with Gasteiger partial charge in [-0.2, -0.15) is 0 Å². The highest BCUT2D eigenvalue weighted by Gasteiger charge is 2.38. The lowest BCUT2D eigenvalue weighted by atomic mass is 9.74. The van der Waals surface area contributed by atoms with E-state index < -0.39 is 0 Å². The summed E-state index contributed by atoms with van der Waals surface area (Å²) in [7, 11) is 0. The molecule has 0 aromatic carbocycles. The Morgan fingerprint density at radius 3 is 2.56 bits per heavy atom. The van der Waals surface area contributed by atoms with Crippen LogP contribution in [0.3, 0.4) is 0 Å². The molecule has 2 fully saturated rings. The molecule has 2 heterocycles. The van der Waals surface area contributed by atoms with Gasteiger partial charge in [-0.05, 0) is 32.2 Å². The maximum Gasteiger partial charge on any atom is 0.0196 e. The first-order valence-corrected chi connectivity index (χ1v) is 7.02. The van der Waals surface area contributed by atoms with Gasteiger partial charge in [0.2, 0.25) is 0 Å². The molecule has 0 aromatic heterocycles. The minimum atomic E-state index is 0.518. The molecule has 16 heavy (non-hydrogen) atoms. The van der Waals surface area contributed by atoms with E-state index in [4.69, 9.17) is 0 Å². The molecule has 2 aliphatic heterocycles. The third kappa shape index (κ3) is 2.05. The van der Waals surface area contributed by atoms with E-state index in [1.807, 2.05) is 0 Å². The highest BCUT2D eigenvalue weighted by atomic mass is 15.2. The van der Waals surface area contributed by atoms with Crippen molar-refractivity contribution in [2.45, 2.75) is 56.5 Å². The van der Waals surface area contributed by atoms with Crippen LogP contribution < -0.4 is 5.32 Å². The monoisotopic (exact) mass is 220 g/mol. The van der Waals surface area contributed by atoms with Crippen LogP contribution in [0.4, 0.5) is 0 Å². The molecule has 1 aliphatic carbocycles. The summed E-state index contributed by atoms with van der Waals surface area (Å²) in [4.78, 5) is 2.66. The average molecular weight is 220 g/mol. The second kappa shape index (κ2) is 4.50. The second-order valence-electron chi connectivity index (χ2n) is 5.84. The molecule has 0 bridgehead atoms. The summed E-state index contributed by atoms with van der Waals surface area (Å²) in [5.41, 5.74) is 0.518. The molecule has 1 spiro atoms. The SMILES string of the molecule is C1=CCN(C2CCNC3(CCCCC3)C2)C1. The summed E-state index contributed by atoms with van der Waals surface area (Å²) in [5.74, 6) is 0. The molecule has 90 valence electrons. The van der Waals surface area contributed by atoms with Gasteiger partial charge in [0.25, 0.3) is 0 Å². The smallest absolute Gasteiger partial charge is 0.0196 e. The number of hydrogen-bond donors (Lipinski definition) is 1. The van der Waals surface area contributed by atoms with E-state index in [2.05, 4.69) is 22.4 Å². The van der Waals surface area contributed by atoms with Crippen molar-refractivity contribution in [2.75, 3.05) is 19.6 Å². The Morgan fingerprint density at radius 2 is 1.81 bits per heavy atom. The zero-order chi connectivity index (χ0) is 10.8. The van der Waals surface area contributed by atoms with Gasteiger partial charge >= 0.3 is 0 Å². The molecule has 2 nitrogen and oxygen atoms in total. The van der Waals surface area contributed by atoms with Gasteiger partial charge < -0.3 is 5.32 Å². The van der Waals surface area contributed by atoms with Crippen LogP contribution in [0.1, 0.15) is 44.9 Å². The van der Waals surface area contributed by atoms with Crippen LogP contribution in [0, 0.1) is 0 Å². The zero-order valence-electron chi connectivity index (χ0n) is 10.3. The topological polar surface area (TPSA) is 15.3 Å². The van der Waals surface area contributed by atoms with Gasteiger partial charge in [-0.25, -0.2) is 0 Å². The summed E-state index contributed by atoms with van der Waals surface area (Å²) >= 11 is 0. The second-order valence-corrected chi connectivity index (χ2v) is 5.84. The molecule has 1 unspecified atom stereocenters. The van der Waals surface area contributed by atoms with Gasteiger partial charge in [-0.15, -0.1) is 0 Å². The lowest BCUT2D eigenvalue weighted by molar-refractivity contribution is 0.101. The van der Waals surface area contributed by atoms with Crippen LogP contribution in [0.15, 0.2) is 12.2 Å². The predicted octanol–water partition coefficient (Wildman–Crippen LogP) is 2.31. The largest absolute Gasteiger partial charge is 0.311 e. The Hall–Kier alpha value is -0.340. The van der Waals surface area contributed by atoms with Crippen molar-refractivity contribution in [3.05, 3.63) is 12.2 Å². The first-order valence-electron chi connectivity index (χ1n) is 7.02. The molecule has 1 saturated carbocycles. The summed E-state index contributed by atoms with van der Waals surface area (Å²) in [6.45, 7) is 3.63. The van der Waals surface area contributed by atoms with Crippen molar-refractivity contribution >= 4 is 0 Å². The third-order valence-corrected chi connectivity index (χ3v) is 4.78. The van der Waals surface area contributed by atoms with Gasteiger partial charge in [0, 0.05) is 24.7 Å². The van der Waals surface area contributed by atoms with Gasteiger partial charge in [0.15, 0.2) is 0 Å². The predicted molar refractivity (Wildman–Crippen MR) is 67.6 cm³/mol. The molecule has 0 aromatic rings. The minimum Gasteiger partial charge on any atom is -0.311 e. The minimum absolute atomic E-state index is 0.518. The Balaban J connectivity index is 1.64. The van der Waals surface area contributed by atoms with Crippen LogP contribution in [-0.4, -0.2) is 36.1 Å². The van der Waals surface area contributed by atoms with E-state index in [-0.39, 0.29) is 0 Å². The van der Waals surface area contributed by atoms with E-state index in [1.165, 1.54) is 64.6 Å². The molecule has 1 saturated heterocycles. The number of hydrogen-bond acceptors (Lipinski definition) is 2. The summed E-state index contributed by atoms with van der Waals surface area (Å²) in [6, 6.07) is 0.842. The Morgan fingerprint density at radius 1 is 1.06 bits per heavy atom. The standard InChI is InChI=1S/C14H24N2/c1-2-7-14(8-3-1)12-13(6-9-15-14)16-10-4-5-11-16/h4-5,13,15H,1-3,6-12H2. The summed E-state index contributed by atoms with van der Waals surface area (Å²) < 4.78 is 0. The molecular formula is C14H24N2. The van der Waals surface area contributed by atoms with E-state index in [1.54, 1.807) is 0 Å². The van der Waals surface area contributed by atoms with E-state index in [9.17, 15) is 0 Å². The van der Waals surface area contributed by atoms with Crippen molar-refractivity contribution in [3.8, 4) is 0 Å². The van der Waals surface area contributed by atoms with Crippen LogP contribution in [-0.2, 0) is 0 Å².